The maximum absolute atomic E-state index is 13.8. The number of para-hydroxylation sites is 2. The number of hydrogen-bond donors (Lipinski definition) is 2. The van der Waals surface area contributed by atoms with Gasteiger partial charge in [-0.25, -0.2) is 26.8 Å². The first-order valence-electron chi connectivity index (χ1n) is 24.7. The van der Waals surface area contributed by atoms with Gasteiger partial charge in [-0.05, 0) is 75.2 Å². The number of methoxy groups -OCH3 is 4. The quantitative estimate of drug-likeness (QED) is 0.137. The predicted molar refractivity (Wildman–Crippen MR) is 286 cm³/mol. The number of β-amino-alcohol motifs (C(OH)–C–C–N with tert-alkyl or cyclic N) is 2. The van der Waals surface area contributed by atoms with E-state index >= 15 is 0 Å². The average Bonchev–Trinajstić information content (AvgIpc) is 4.44. The van der Waals surface area contributed by atoms with E-state index in [1.807, 2.05) is 12.1 Å². The van der Waals surface area contributed by atoms with Crippen molar-refractivity contribution in [3.63, 3.8) is 0 Å². The standard InChI is InChI=1S/2C26H27N7O6S/c2*1-16-7-8-22(39-16)26-31-30-24(33(26)25-20(37-2)5-4-6-21(25)38-3)15-40(35,36)19-9-18(34)13-32(14-19)23-12-28-11-17(10-27)29-23/h2*4-8,11-12,18-19,34H,9,13-15H2,1-3H3/t2*18-,19+/m10/s1. The topological polar surface area (TPSA) is 339 Å². The maximum Gasteiger partial charge on any atom is 0.204 e. The number of nitrogens with zero attached hydrogens (tertiary/aromatic N) is 14. The number of hydrogen-bond acceptors (Lipinski definition) is 24. The highest BCUT2D eigenvalue weighted by molar-refractivity contribution is 7.91. The fourth-order valence-electron chi connectivity index (χ4n) is 9.49. The van der Waals surface area contributed by atoms with E-state index in [9.17, 15) is 37.6 Å². The summed E-state index contributed by atoms with van der Waals surface area (Å²) in [5.74, 6) is 4.15. The van der Waals surface area contributed by atoms with Crippen LogP contribution < -0.4 is 28.7 Å². The lowest BCUT2D eigenvalue weighted by Crippen LogP contribution is -2.49. The number of aryl methyl sites for hydroxylation is 2. The van der Waals surface area contributed by atoms with Crippen molar-refractivity contribution in [2.45, 2.75) is 60.9 Å². The fourth-order valence-corrected chi connectivity index (χ4v) is 12.9. The molecule has 2 fully saturated rings. The Hall–Kier alpha value is -8.96. The Balaban J connectivity index is 0.000000194. The molecule has 0 aliphatic carbocycles. The molecule has 8 aromatic rings. The third-order valence-electron chi connectivity index (χ3n) is 13.2. The minimum atomic E-state index is -3.91. The first kappa shape index (κ1) is 55.8. The van der Waals surface area contributed by atoms with Gasteiger partial charge >= 0.3 is 0 Å². The van der Waals surface area contributed by atoms with Crippen molar-refractivity contribution in [2.75, 3.05) is 64.4 Å². The lowest BCUT2D eigenvalue weighted by atomic mass is 10.1. The molecule has 0 unspecified atom stereocenters. The highest BCUT2D eigenvalue weighted by atomic mass is 32.2. The molecular formula is C52H54N14O12S2. The van der Waals surface area contributed by atoms with Crippen LogP contribution in [0.15, 0.2) is 94.3 Å². The highest BCUT2D eigenvalue weighted by Gasteiger charge is 2.39. The SMILES string of the molecule is COc1cccc(OC)c1-n1c(CS(=O)(=O)[C@@H]2C[C@H](O)CN(c3cncc(C#N)n3)C2)nnc1-c1ccc(C)o1.COc1cccc(OC)c1-n1c(CS(=O)(=O)[C@H]2C[C@@H](O)CN(c3cncc(C#N)n3)C2)nnc1-c1ccc(C)o1. The van der Waals surface area contributed by atoms with Gasteiger partial charge in [0.1, 0.15) is 81.2 Å². The van der Waals surface area contributed by atoms with Gasteiger partial charge in [0, 0.05) is 26.2 Å². The summed E-state index contributed by atoms with van der Waals surface area (Å²) in [6.07, 6.45) is 3.69. The second kappa shape index (κ2) is 23.6. The molecule has 28 heteroatoms. The molecule has 26 nitrogen and oxygen atoms in total. The van der Waals surface area contributed by atoms with Crippen molar-refractivity contribution in [3.05, 3.63) is 120 Å². The lowest BCUT2D eigenvalue weighted by Gasteiger charge is -2.35. The minimum Gasteiger partial charge on any atom is -0.494 e. The van der Waals surface area contributed by atoms with Crippen LogP contribution in [0.4, 0.5) is 11.6 Å². The van der Waals surface area contributed by atoms with Crippen molar-refractivity contribution < 1.29 is 54.8 Å². The molecule has 0 bridgehead atoms. The predicted octanol–water partition coefficient (Wildman–Crippen LogP) is 4.14. The van der Waals surface area contributed by atoms with Crippen LogP contribution >= 0.6 is 0 Å². The number of aliphatic hydroxyl groups excluding tert-OH is 2. The Labute approximate surface area is 459 Å². The highest BCUT2D eigenvalue weighted by Crippen LogP contribution is 2.40. The number of furan rings is 2. The molecule has 416 valence electrons. The number of rotatable bonds is 16. The zero-order chi connectivity index (χ0) is 56.9. The average molecular weight is 1130 g/mol. The van der Waals surface area contributed by atoms with E-state index in [1.165, 1.54) is 53.2 Å². The van der Waals surface area contributed by atoms with Gasteiger partial charge in [-0.2, -0.15) is 10.5 Å². The molecule has 2 aliphatic heterocycles. The van der Waals surface area contributed by atoms with Crippen LogP contribution in [0, 0.1) is 36.5 Å². The Morgan fingerprint density at radius 2 is 0.938 bits per heavy atom. The van der Waals surface area contributed by atoms with E-state index < -0.39 is 53.9 Å². The van der Waals surface area contributed by atoms with Gasteiger partial charge in [0.25, 0.3) is 0 Å². The number of sulfone groups is 2. The van der Waals surface area contributed by atoms with Gasteiger partial charge in [-0.3, -0.25) is 19.1 Å². The largest absolute Gasteiger partial charge is 0.494 e. The number of aromatic nitrogens is 10. The molecule has 0 amide bonds. The van der Waals surface area contributed by atoms with Crippen molar-refractivity contribution >= 4 is 31.3 Å². The summed E-state index contributed by atoms with van der Waals surface area (Å²) < 4.78 is 92.5. The summed E-state index contributed by atoms with van der Waals surface area (Å²) in [6.45, 7) is 4.00. The van der Waals surface area contributed by atoms with Crippen LogP contribution in [0.5, 0.6) is 23.0 Å². The van der Waals surface area contributed by atoms with Crippen LogP contribution in [0.2, 0.25) is 0 Å². The van der Waals surface area contributed by atoms with Crippen molar-refractivity contribution in [1.82, 2.24) is 49.5 Å². The third-order valence-corrected chi connectivity index (χ3v) is 17.2. The van der Waals surface area contributed by atoms with Crippen molar-refractivity contribution in [1.29, 1.82) is 10.5 Å². The zero-order valence-corrected chi connectivity index (χ0v) is 45.7. The van der Waals surface area contributed by atoms with Gasteiger partial charge in [0.05, 0.1) is 75.9 Å². The minimum absolute atomic E-state index is 0.0283. The second-order valence-corrected chi connectivity index (χ2v) is 23.2. The number of piperidine rings is 2. The number of ether oxygens (including phenoxy) is 4. The van der Waals surface area contributed by atoms with Crippen LogP contribution in [-0.4, -0.2) is 154 Å². The Kier molecular flexibility index (Phi) is 16.4. The Morgan fingerprint density at radius 1 is 0.562 bits per heavy atom. The van der Waals surface area contributed by atoms with Crippen molar-refractivity contribution in [2.24, 2.45) is 0 Å². The van der Waals surface area contributed by atoms with Gasteiger partial charge in [-0.1, -0.05) is 12.1 Å². The van der Waals surface area contributed by atoms with Gasteiger partial charge in [-0.15, -0.1) is 20.4 Å². The van der Waals surface area contributed by atoms with Gasteiger partial charge in [0.15, 0.2) is 54.2 Å². The van der Waals surface area contributed by atoms with Gasteiger partial charge in [0.2, 0.25) is 11.6 Å². The van der Waals surface area contributed by atoms with Crippen LogP contribution in [0.3, 0.4) is 0 Å². The van der Waals surface area contributed by atoms with E-state index in [-0.39, 0.29) is 73.7 Å². The second-order valence-electron chi connectivity index (χ2n) is 18.6. The monoisotopic (exact) mass is 1130 g/mol. The van der Waals surface area contributed by atoms with Crippen molar-refractivity contribution in [3.8, 4) is 69.7 Å². The lowest BCUT2D eigenvalue weighted by molar-refractivity contribution is 0.154. The Bertz CT molecular complexity index is 3560. The fraction of sp³-hybridized carbons (Fsp3) is 0.346. The molecule has 0 spiro atoms. The van der Waals surface area contributed by atoms with E-state index in [4.69, 9.17) is 27.8 Å². The summed E-state index contributed by atoms with van der Waals surface area (Å²) in [5, 5.41) is 54.7. The van der Waals surface area contributed by atoms with Gasteiger partial charge < -0.3 is 47.8 Å². The molecule has 0 radical (unpaired) electrons. The third kappa shape index (κ3) is 11.7. The normalized spacial score (nSPS) is 17.4. The molecule has 2 aliphatic rings. The van der Waals surface area contributed by atoms with E-state index in [1.54, 1.807) is 93.4 Å². The summed E-state index contributed by atoms with van der Waals surface area (Å²) >= 11 is 0. The molecular weight excluding hydrogens is 1080 g/mol. The van der Waals surface area contributed by atoms with Crippen LogP contribution in [0.1, 0.15) is 47.4 Å². The molecule has 80 heavy (non-hydrogen) atoms. The molecule has 6 aromatic heterocycles. The maximum atomic E-state index is 13.8. The molecule has 4 atom stereocenters. The number of anilines is 2. The smallest absolute Gasteiger partial charge is 0.204 e. The van der Waals surface area contributed by atoms with E-state index in [0.29, 0.717) is 69.0 Å². The summed E-state index contributed by atoms with van der Waals surface area (Å²) in [6, 6.07) is 21.2. The molecule has 2 aromatic carbocycles. The number of benzene rings is 2. The molecule has 10 rings (SSSR count). The molecule has 0 saturated carbocycles. The van der Waals surface area contributed by atoms with E-state index in [0.717, 1.165) is 0 Å². The molecule has 2 N–H and O–H groups in total. The summed E-state index contributed by atoms with van der Waals surface area (Å²) in [4.78, 5) is 19.7. The van der Waals surface area contributed by atoms with E-state index in [2.05, 4.69) is 40.3 Å². The van der Waals surface area contributed by atoms with Crippen LogP contribution in [0.25, 0.3) is 34.5 Å². The first-order chi connectivity index (χ1) is 38.5. The Morgan fingerprint density at radius 3 is 1.26 bits per heavy atom. The summed E-state index contributed by atoms with van der Waals surface area (Å²) in [5.41, 5.74) is 1.02. The summed E-state index contributed by atoms with van der Waals surface area (Å²) in [7, 11) is -1.83. The van der Waals surface area contributed by atoms with Crippen LogP contribution in [-0.2, 0) is 31.2 Å². The zero-order valence-electron chi connectivity index (χ0n) is 44.1. The molecule has 8 heterocycles. The number of aliphatic hydroxyl groups is 2. The first-order valence-corrected chi connectivity index (χ1v) is 28.1. The number of nitriles is 2. The molecule has 2 saturated heterocycles.